The van der Waals surface area contributed by atoms with Crippen LogP contribution in [0.15, 0.2) is 28.8 Å². The summed E-state index contributed by atoms with van der Waals surface area (Å²) in [7, 11) is 0. The number of aryl methyl sites for hydroxylation is 1. The van der Waals surface area contributed by atoms with Gasteiger partial charge in [0.25, 0.3) is 0 Å². The summed E-state index contributed by atoms with van der Waals surface area (Å²) >= 11 is 0. The molecule has 0 spiro atoms. The van der Waals surface area contributed by atoms with E-state index in [0.717, 1.165) is 69.3 Å². The van der Waals surface area contributed by atoms with Crippen molar-refractivity contribution >= 4 is 11.9 Å². The Morgan fingerprint density at radius 2 is 1.66 bits per heavy atom. The zero-order chi connectivity index (χ0) is 21.9. The van der Waals surface area contributed by atoms with Gasteiger partial charge in [-0.3, -0.25) is 9.69 Å². The highest BCUT2D eigenvalue weighted by atomic mass is 16.5. The lowest BCUT2D eigenvalue weighted by Crippen LogP contribution is -2.54. The molecule has 32 heavy (non-hydrogen) atoms. The average molecular weight is 438 g/mol. The van der Waals surface area contributed by atoms with Crippen LogP contribution in [-0.2, 0) is 4.79 Å². The van der Waals surface area contributed by atoms with Crippen LogP contribution in [0.1, 0.15) is 50.5 Å². The van der Waals surface area contributed by atoms with E-state index >= 15 is 0 Å². The second-order valence-electron chi connectivity index (χ2n) is 9.63. The molecule has 7 heteroatoms. The van der Waals surface area contributed by atoms with Gasteiger partial charge in [0.2, 0.25) is 11.7 Å². The number of aromatic nitrogens is 2. The summed E-state index contributed by atoms with van der Waals surface area (Å²) in [5.74, 6) is 1.09. The Balaban J connectivity index is 1.12. The summed E-state index contributed by atoms with van der Waals surface area (Å²) in [6, 6.07) is 9.39. The number of piperazine rings is 1. The number of nitrogens with zero attached hydrogens (tertiary/aromatic N) is 5. The first-order valence-electron chi connectivity index (χ1n) is 12.4. The first-order chi connectivity index (χ1) is 15.7. The SMILES string of the molecule is Cc1ccccc1-c1noc(N2CCC(C(=O)N3CCN(C4CCCCC4)CC3)CC2)n1. The molecule has 1 aliphatic carbocycles. The molecule has 0 unspecified atom stereocenters. The van der Waals surface area contributed by atoms with Crippen LogP contribution in [0, 0.1) is 12.8 Å². The molecule has 0 bridgehead atoms. The maximum atomic E-state index is 13.1. The number of piperidine rings is 1. The molecule has 7 nitrogen and oxygen atoms in total. The van der Waals surface area contributed by atoms with E-state index in [1.54, 1.807) is 0 Å². The van der Waals surface area contributed by atoms with Crippen molar-refractivity contribution in [1.82, 2.24) is 19.9 Å². The van der Waals surface area contributed by atoms with Gasteiger partial charge in [0, 0.05) is 56.8 Å². The van der Waals surface area contributed by atoms with Gasteiger partial charge in [-0.2, -0.15) is 4.98 Å². The minimum Gasteiger partial charge on any atom is -0.340 e. The van der Waals surface area contributed by atoms with Crippen LogP contribution in [-0.4, -0.2) is 71.2 Å². The van der Waals surface area contributed by atoms with E-state index in [-0.39, 0.29) is 5.92 Å². The van der Waals surface area contributed by atoms with Gasteiger partial charge in [-0.15, -0.1) is 0 Å². The normalized spacial score (nSPS) is 21.8. The molecule has 1 aromatic heterocycles. The van der Waals surface area contributed by atoms with Crippen molar-refractivity contribution in [2.45, 2.75) is 57.9 Å². The van der Waals surface area contributed by atoms with Crippen molar-refractivity contribution < 1.29 is 9.32 Å². The molecule has 1 saturated carbocycles. The van der Waals surface area contributed by atoms with Gasteiger partial charge in [0.15, 0.2) is 0 Å². The minimum absolute atomic E-state index is 0.117. The Bertz CT molecular complexity index is 907. The first-order valence-corrected chi connectivity index (χ1v) is 12.4. The maximum absolute atomic E-state index is 13.1. The first kappa shape index (κ1) is 21.4. The molecule has 1 aromatic carbocycles. The van der Waals surface area contributed by atoms with Gasteiger partial charge in [0.05, 0.1) is 0 Å². The topological polar surface area (TPSA) is 65.7 Å². The zero-order valence-corrected chi connectivity index (χ0v) is 19.2. The predicted octanol–water partition coefficient (Wildman–Crippen LogP) is 3.74. The van der Waals surface area contributed by atoms with Gasteiger partial charge in [-0.1, -0.05) is 48.7 Å². The fraction of sp³-hybridized carbons (Fsp3) is 0.640. The van der Waals surface area contributed by atoms with E-state index in [1.807, 2.05) is 18.2 Å². The van der Waals surface area contributed by atoms with Crippen molar-refractivity contribution in [2.24, 2.45) is 5.92 Å². The van der Waals surface area contributed by atoms with Crippen LogP contribution in [0.2, 0.25) is 0 Å². The lowest BCUT2D eigenvalue weighted by atomic mass is 9.93. The Hall–Kier alpha value is -2.41. The summed E-state index contributed by atoms with van der Waals surface area (Å²) in [5.41, 5.74) is 2.13. The molecule has 3 fully saturated rings. The summed E-state index contributed by atoms with van der Waals surface area (Å²) in [6.45, 7) is 7.48. The van der Waals surface area contributed by atoms with Gasteiger partial charge >= 0.3 is 6.01 Å². The molecule has 0 atom stereocenters. The molecule has 2 aliphatic heterocycles. The predicted molar refractivity (Wildman–Crippen MR) is 124 cm³/mol. The van der Waals surface area contributed by atoms with E-state index in [1.165, 1.54) is 32.1 Å². The van der Waals surface area contributed by atoms with E-state index in [0.29, 0.717) is 17.7 Å². The van der Waals surface area contributed by atoms with Crippen molar-refractivity contribution in [2.75, 3.05) is 44.2 Å². The number of amides is 1. The van der Waals surface area contributed by atoms with Crippen LogP contribution in [0.25, 0.3) is 11.4 Å². The van der Waals surface area contributed by atoms with Crippen molar-refractivity contribution in [3.05, 3.63) is 29.8 Å². The highest BCUT2D eigenvalue weighted by molar-refractivity contribution is 5.79. The van der Waals surface area contributed by atoms with Crippen LogP contribution in [0.4, 0.5) is 6.01 Å². The second kappa shape index (κ2) is 9.61. The highest BCUT2D eigenvalue weighted by Crippen LogP contribution is 2.28. The molecule has 0 radical (unpaired) electrons. The maximum Gasteiger partial charge on any atom is 0.324 e. The lowest BCUT2D eigenvalue weighted by molar-refractivity contribution is -0.138. The monoisotopic (exact) mass is 437 g/mol. The number of hydrogen-bond donors (Lipinski definition) is 0. The van der Waals surface area contributed by atoms with Gasteiger partial charge in [0.1, 0.15) is 0 Å². The molecule has 5 rings (SSSR count). The lowest BCUT2D eigenvalue weighted by Gasteiger charge is -2.42. The summed E-state index contributed by atoms with van der Waals surface area (Å²) in [5, 5.41) is 4.19. The standard InChI is InChI=1S/C25H35N5O2/c1-19-7-5-6-10-22(19)23-26-25(32-27-23)30-13-11-20(12-14-30)24(31)29-17-15-28(16-18-29)21-8-3-2-4-9-21/h5-7,10,20-21H,2-4,8-9,11-18H2,1H3. The van der Waals surface area contributed by atoms with E-state index in [4.69, 9.17) is 4.52 Å². The third-order valence-corrected chi connectivity index (χ3v) is 7.63. The molecule has 3 heterocycles. The fourth-order valence-corrected chi connectivity index (χ4v) is 5.61. The minimum atomic E-state index is 0.117. The highest BCUT2D eigenvalue weighted by Gasteiger charge is 2.33. The smallest absolute Gasteiger partial charge is 0.324 e. The van der Waals surface area contributed by atoms with E-state index in [2.05, 4.69) is 37.8 Å². The van der Waals surface area contributed by atoms with Crippen LogP contribution >= 0.6 is 0 Å². The summed E-state index contributed by atoms with van der Waals surface area (Å²) in [6.07, 6.45) is 8.52. The molecule has 3 aliphatic rings. The Labute approximate surface area is 190 Å². The van der Waals surface area contributed by atoms with E-state index < -0.39 is 0 Å². The number of rotatable bonds is 4. The third kappa shape index (κ3) is 4.53. The number of anilines is 1. The number of carbonyl (C=O) groups is 1. The van der Waals surface area contributed by atoms with Crippen molar-refractivity contribution in [1.29, 1.82) is 0 Å². The van der Waals surface area contributed by atoms with Gasteiger partial charge in [-0.05, 0) is 38.2 Å². The molecule has 1 amide bonds. The Morgan fingerprint density at radius 1 is 0.938 bits per heavy atom. The Morgan fingerprint density at radius 3 is 2.38 bits per heavy atom. The van der Waals surface area contributed by atoms with Crippen LogP contribution in [0.3, 0.4) is 0 Å². The van der Waals surface area contributed by atoms with Gasteiger partial charge < -0.3 is 14.3 Å². The van der Waals surface area contributed by atoms with E-state index in [9.17, 15) is 4.79 Å². The van der Waals surface area contributed by atoms with Gasteiger partial charge in [-0.25, -0.2) is 0 Å². The second-order valence-corrected chi connectivity index (χ2v) is 9.63. The fourth-order valence-electron chi connectivity index (χ4n) is 5.61. The molecule has 2 aromatic rings. The van der Waals surface area contributed by atoms with Crippen LogP contribution in [0.5, 0.6) is 0 Å². The van der Waals surface area contributed by atoms with Crippen LogP contribution < -0.4 is 4.90 Å². The zero-order valence-electron chi connectivity index (χ0n) is 19.2. The molecular formula is C25H35N5O2. The molecule has 172 valence electrons. The number of carbonyl (C=O) groups excluding carboxylic acids is 1. The molecular weight excluding hydrogens is 402 g/mol. The number of benzene rings is 1. The van der Waals surface area contributed by atoms with Crippen molar-refractivity contribution in [3.63, 3.8) is 0 Å². The average Bonchev–Trinajstić information content (AvgIpc) is 3.35. The van der Waals surface area contributed by atoms with Crippen molar-refractivity contribution in [3.8, 4) is 11.4 Å². The Kier molecular flexibility index (Phi) is 6.44. The molecule has 0 N–H and O–H groups in total. The number of hydrogen-bond acceptors (Lipinski definition) is 6. The summed E-state index contributed by atoms with van der Waals surface area (Å²) < 4.78 is 5.56. The quantitative estimate of drug-likeness (QED) is 0.726. The third-order valence-electron chi connectivity index (χ3n) is 7.63. The largest absolute Gasteiger partial charge is 0.340 e. The molecule has 2 saturated heterocycles. The summed E-state index contributed by atoms with van der Waals surface area (Å²) in [4.78, 5) is 24.6.